The number of hydrogen-bond donors (Lipinski definition) is 1. The molecule has 9 nitrogen and oxygen atoms in total. The number of amides is 1. The molecule has 174 valence electrons. The summed E-state index contributed by atoms with van der Waals surface area (Å²) in [6.07, 6.45) is 4.95. The average molecular weight is 476 g/mol. The van der Waals surface area contributed by atoms with Gasteiger partial charge in [0.1, 0.15) is 23.7 Å². The molecule has 36 heavy (non-hydrogen) atoms. The van der Waals surface area contributed by atoms with Crippen molar-refractivity contribution in [2.45, 2.75) is 0 Å². The first-order valence-corrected chi connectivity index (χ1v) is 11.0. The summed E-state index contributed by atoms with van der Waals surface area (Å²) in [6.45, 7) is 0. The zero-order valence-corrected chi connectivity index (χ0v) is 18.7. The molecule has 0 saturated heterocycles. The second-order valence-corrected chi connectivity index (χ2v) is 7.92. The Labute approximate surface area is 203 Å². The van der Waals surface area contributed by atoms with Crippen LogP contribution < -0.4 is 5.32 Å². The summed E-state index contributed by atoms with van der Waals surface area (Å²) < 4.78 is 16.8. The molecule has 0 unspecified atom stereocenters. The van der Waals surface area contributed by atoms with Crippen molar-refractivity contribution in [3.63, 3.8) is 0 Å². The van der Waals surface area contributed by atoms with Crippen LogP contribution in [0, 0.1) is 5.82 Å². The largest absolute Gasteiger partial charge is 0.307 e. The number of anilines is 1. The smallest absolute Gasteiger partial charge is 0.256 e. The van der Waals surface area contributed by atoms with Gasteiger partial charge >= 0.3 is 0 Å². The Morgan fingerprint density at radius 1 is 0.889 bits per heavy atom. The van der Waals surface area contributed by atoms with E-state index >= 15 is 0 Å². The van der Waals surface area contributed by atoms with Gasteiger partial charge in [-0.15, -0.1) is 15.3 Å². The van der Waals surface area contributed by atoms with E-state index in [2.05, 4.69) is 25.6 Å². The number of fused-ring (bicyclic) bond motifs is 1. The van der Waals surface area contributed by atoms with Crippen LogP contribution in [-0.4, -0.2) is 40.5 Å². The third-order valence-corrected chi connectivity index (χ3v) is 5.56. The van der Waals surface area contributed by atoms with Gasteiger partial charge in [0, 0.05) is 29.1 Å². The highest BCUT2D eigenvalue weighted by molar-refractivity contribution is 6.04. The van der Waals surface area contributed by atoms with E-state index in [1.807, 2.05) is 18.3 Å². The summed E-state index contributed by atoms with van der Waals surface area (Å²) in [4.78, 5) is 16.9. The molecule has 0 spiro atoms. The molecule has 0 fully saturated rings. The molecule has 0 saturated carbocycles. The third kappa shape index (κ3) is 4.07. The first-order valence-electron chi connectivity index (χ1n) is 11.0. The first-order chi connectivity index (χ1) is 17.6. The van der Waals surface area contributed by atoms with Crippen LogP contribution >= 0.6 is 0 Å². The van der Waals surface area contributed by atoms with Crippen LogP contribution in [0.1, 0.15) is 10.4 Å². The number of rotatable bonds is 5. The number of aromatic nitrogens is 7. The molecule has 4 heterocycles. The molecule has 0 aliphatic rings. The van der Waals surface area contributed by atoms with Crippen LogP contribution in [0.15, 0.2) is 97.6 Å². The van der Waals surface area contributed by atoms with Gasteiger partial charge in [-0.2, -0.15) is 9.61 Å². The molecule has 2 aromatic carbocycles. The van der Waals surface area contributed by atoms with E-state index in [0.29, 0.717) is 28.5 Å². The van der Waals surface area contributed by atoms with E-state index in [0.717, 1.165) is 16.7 Å². The van der Waals surface area contributed by atoms with Crippen molar-refractivity contribution in [2.24, 2.45) is 0 Å². The monoisotopic (exact) mass is 476 g/mol. The summed E-state index contributed by atoms with van der Waals surface area (Å²) in [7, 11) is 0. The number of halogens is 1. The van der Waals surface area contributed by atoms with Crippen molar-refractivity contribution in [1.29, 1.82) is 0 Å². The molecule has 0 bridgehead atoms. The third-order valence-electron chi connectivity index (χ3n) is 5.56. The molecular weight excluding hydrogens is 459 g/mol. The Bertz CT molecular complexity index is 1690. The van der Waals surface area contributed by atoms with Crippen molar-refractivity contribution < 1.29 is 9.18 Å². The summed E-state index contributed by atoms with van der Waals surface area (Å²) in [5, 5.41) is 19.9. The van der Waals surface area contributed by atoms with E-state index in [4.69, 9.17) is 5.10 Å². The predicted octanol–water partition coefficient (Wildman–Crippen LogP) is 4.43. The van der Waals surface area contributed by atoms with Crippen LogP contribution in [-0.2, 0) is 0 Å². The Kier molecular flexibility index (Phi) is 5.23. The fourth-order valence-corrected chi connectivity index (χ4v) is 3.81. The van der Waals surface area contributed by atoms with E-state index < -0.39 is 0 Å². The topological polar surface area (TPSA) is 103 Å². The van der Waals surface area contributed by atoms with Gasteiger partial charge in [-0.1, -0.05) is 18.2 Å². The lowest BCUT2D eigenvalue weighted by atomic mass is 10.0. The lowest BCUT2D eigenvalue weighted by Crippen LogP contribution is -2.12. The molecule has 1 amide bonds. The molecule has 1 N–H and O–H groups in total. The lowest BCUT2D eigenvalue weighted by molar-refractivity contribution is 0.102. The van der Waals surface area contributed by atoms with Gasteiger partial charge in [-0.25, -0.2) is 14.1 Å². The van der Waals surface area contributed by atoms with Crippen LogP contribution in [0.25, 0.3) is 33.8 Å². The van der Waals surface area contributed by atoms with Crippen LogP contribution in [0.4, 0.5) is 10.2 Å². The van der Waals surface area contributed by atoms with Crippen LogP contribution in [0.2, 0.25) is 0 Å². The summed E-state index contributed by atoms with van der Waals surface area (Å²) in [5.74, 6) is 0.335. The van der Waals surface area contributed by atoms with Crippen LogP contribution in [0.5, 0.6) is 0 Å². The quantitative estimate of drug-likeness (QED) is 0.395. The Morgan fingerprint density at radius 3 is 2.56 bits per heavy atom. The highest BCUT2D eigenvalue weighted by Crippen LogP contribution is 2.33. The maximum atomic E-state index is 13.6. The molecule has 0 radical (unpaired) electrons. The van der Waals surface area contributed by atoms with Crippen molar-refractivity contribution >= 4 is 17.4 Å². The fourth-order valence-electron chi connectivity index (χ4n) is 3.81. The number of nitrogens with one attached hydrogen (secondary N) is 1. The highest BCUT2D eigenvalue weighted by Gasteiger charge is 2.17. The molecule has 0 atom stereocenters. The fraction of sp³-hybridized carbons (Fsp3) is 0. The molecule has 10 heteroatoms. The van der Waals surface area contributed by atoms with Gasteiger partial charge in [0.25, 0.3) is 5.91 Å². The standard InChI is InChI=1S/C26H17FN8O/c27-20-8-6-17(7-9-20)25-21(15-34(33-25)24-11-10-23-31-29-16-35(23)32-24)19-12-13-28-22(14-19)30-26(36)18-4-2-1-3-5-18/h1-16H,(H,28,30,36). The Balaban J connectivity index is 1.42. The number of carbonyl (C=O) groups is 1. The summed E-state index contributed by atoms with van der Waals surface area (Å²) >= 11 is 0. The minimum absolute atomic E-state index is 0.263. The van der Waals surface area contributed by atoms with E-state index in [1.54, 1.807) is 70.0 Å². The summed E-state index contributed by atoms with van der Waals surface area (Å²) in [5.41, 5.74) is 4.00. The molecule has 0 aliphatic heterocycles. The number of benzene rings is 2. The molecular formula is C26H17FN8O. The van der Waals surface area contributed by atoms with Gasteiger partial charge in [0.2, 0.25) is 0 Å². The second kappa shape index (κ2) is 8.84. The Hall–Kier alpha value is -5.25. The molecule has 6 rings (SSSR count). The SMILES string of the molecule is O=C(Nc1cc(-c2cn(-c3ccc4nncn4n3)nc2-c2ccc(F)cc2)ccn1)c1ccccc1. The number of hydrogen-bond acceptors (Lipinski definition) is 6. The zero-order chi connectivity index (χ0) is 24.5. The van der Waals surface area contributed by atoms with Gasteiger partial charge in [-0.05, 0) is 66.2 Å². The number of nitrogens with zero attached hydrogens (tertiary/aromatic N) is 7. The summed E-state index contributed by atoms with van der Waals surface area (Å²) in [6, 6.07) is 22.2. The van der Waals surface area contributed by atoms with E-state index in [9.17, 15) is 9.18 Å². The van der Waals surface area contributed by atoms with Crippen molar-refractivity contribution in [3.05, 3.63) is 109 Å². The normalized spacial score (nSPS) is 11.0. The van der Waals surface area contributed by atoms with Crippen LogP contribution in [0.3, 0.4) is 0 Å². The second-order valence-electron chi connectivity index (χ2n) is 7.92. The molecule has 6 aromatic rings. The minimum Gasteiger partial charge on any atom is -0.307 e. The van der Waals surface area contributed by atoms with Crippen molar-refractivity contribution in [1.82, 2.24) is 34.6 Å². The zero-order valence-electron chi connectivity index (χ0n) is 18.7. The maximum Gasteiger partial charge on any atom is 0.256 e. The van der Waals surface area contributed by atoms with Gasteiger partial charge < -0.3 is 5.32 Å². The van der Waals surface area contributed by atoms with Gasteiger partial charge in [0.05, 0.1) is 0 Å². The van der Waals surface area contributed by atoms with Gasteiger partial charge in [-0.3, -0.25) is 4.79 Å². The van der Waals surface area contributed by atoms with Gasteiger partial charge in [0.15, 0.2) is 11.5 Å². The van der Waals surface area contributed by atoms with E-state index in [1.165, 1.54) is 18.5 Å². The maximum absolute atomic E-state index is 13.6. The number of pyridine rings is 1. The first kappa shape index (κ1) is 21.3. The van der Waals surface area contributed by atoms with Crippen molar-refractivity contribution in [3.8, 4) is 28.2 Å². The predicted molar refractivity (Wildman–Crippen MR) is 131 cm³/mol. The number of carbonyl (C=O) groups excluding carboxylic acids is 1. The molecule has 0 aliphatic carbocycles. The average Bonchev–Trinajstić information content (AvgIpc) is 3.57. The molecule has 4 aromatic heterocycles. The van der Waals surface area contributed by atoms with Crippen molar-refractivity contribution in [2.75, 3.05) is 5.32 Å². The highest BCUT2D eigenvalue weighted by atomic mass is 19.1. The van der Waals surface area contributed by atoms with E-state index in [-0.39, 0.29) is 11.7 Å². The Morgan fingerprint density at radius 2 is 1.72 bits per heavy atom. The minimum atomic E-state index is -0.339. The lowest BCUT2D eigenvalue weighted by Gasteiger charge is -2.07.